The SMILES string of the molecule is CC1=NC2=NC(Oc3cccc4cc5cccc(c5cc34)Oc3nc(C)nc(n3)Oc3cccc4cc5cccc(c5cc34)Oc3nc(C)nc(n3)Oc3cccc4cc5cccc(c5cc34)O2)N1C. The Balaban J connectivity index is 0.980. The Hall–Kier alpha value is -9.50. The van der Waals surface area contributed by atoms with Gasteiger partial charge in [-0.25, -0.2) is 0 Å². The zero-order chi connectivity index (χ0) is 47.0. The lowest BCUT2D eigenvalue weighted by atomic mass is 10.0. The third-order valence-electron chi connectivity index (χ3n) is 12.4. The van der Waals surface area contributed by atoms with Gasteiger partial charge in [-0.15, -0.1) is 9.97 Å². The Kier molecular flexibility index (Phi) is 9.37. The number of benzene rings is 9. The lowest BCUT2D eigenvalue weighted by Gasteiger charge is -2.30. The highest BCUT2D eigenvalue weighted by Gasteiger charge is 2.26. The van der Waals surface area contributed by atoms with Gasteiger partial charge in [0, 0.05) is 39.4 Å². The molecular formula is C55H37N9O6. The van der Waals surface area contributed by atoms with Gasteiger partial charge >= 0.3 is 30.1 Å². The summed E-state index contributed by atoms with van der Waals surface area (Å²) in [7, 11) is 1.88. The molecule has 0 saturated heterocycles. The molecule has 1 atom stereocenters. The summed E-state index contributed by atoms with van der Waals surface area (Å²) in [6.45, 7) is 5.41. The number of aliphatic imine (C=N–C) groups is 2. The molecule has 338 valence electrons. The second-order valence-corrected chi connectivity index (χ2v) is 17.0. The van der Waals surface area contributed by atoms with Gasteiger partial charge in [0.1, 0.15) is 52.0 Å². The third-order valence-corrected chi connectivity index (χ3v) is 12.4. The molecule has 0 aliphatic carbocycles. The summed E-state index contributed by atoms with van der Waals surface area (Å²) < 4.78 is 39.3. The monoisotopic (exact) mass is 919 g/mol. The molecule has 9 aromatic carbocycles. The van der Waals surface area contributed by atoms with Crippen molar-refractivity contribution in [1.82, 2.24) is 34.8 Å². The van der Waals surface area contributed by atoms with Gasteiger partial charge in [0.2, 0.25) is 0 Å². The van der Waals surface area contributed by atoms with E-state index < -0.39 is 6.35 Å². The van der Waals surface area contributed by atoms with Crippen LogP contribution in [0.5, 0.6) is 58.5 Å². The first-order valence-electron chi connectivity index (χ1n) is 22.5. The van der Waals surface area contributed by atoms with Crippen LogP contribution in [0.15, 0.2) is 156 Å². The van der Waals surface area contributed by atoms with Crippen LogP contribution in [0.1, 0.15) is 18.6 Å². The highest BCUT2D eigenvalue weighted by Crippen LogP contribution is 2.41. The van der Waals surface area contributed by atoms with Crippen molar-refractivity contribution >= 4 is 76.5 Å². The van der Waals surface area contributed by atoms with Crippen LogP contribution < -0.4 is 28.4 Å². The van der Waals surface area contributed by atoms with E-state index in [0.29, 0.717) is 52.0 Å². The van der Waals surface area contributed by atoms with E-state index in [2.05, 4.69) is 48.1 Å². The van der Waals surface area contributed by atoms with E-state index in [4.69, 9.17) is 38.4 Å². The van der Waals surface area contributed by atoms with Crippen LogP contribution in [0.2, 0.25) is 0 Å². The molecule has 13 rings (SSSR count). The number of fused-ring (bicyclic) bond motifs is 5. The molecule has 2 aromatic heterocycles. The smallest absolute Gasteiger partial charge is 0.328 e. The molecule has 12 bridgehead atoms. The Bertz CT molecular complexity index is 4070. The quantitative estimate of drug-likeness (QED) is 0.132. The molecule has 0 amide bonds. The van der Waals surface area contributed by atoms with Gasteiger partial charge in [-0.2, -0.15) is 29.9 Å². The average molecular weight is 920 g/mol. The zero-order valence-electron chi connectivity index (χ0n) is 37.9. The van der Waals surface area contributed by atoms with Crippen LogP contribution in [0.4, 0.5) is 0 Å². The number of aromatic nitrogens is 6. The van der Waals surface area contributed by atoms with Gasteiger partial charge in [-0.3, -0.25) is 0 Å². The molecule has 2 aliphatic rings. The number of rotatable bonds is 0. The van der Waals surface area contributed by atoms with Gasteiger partial charge in [-0.1, -0.05) is 72.8 Å². The summed E-state index contributed by atoms with van der Waals surface area (Å²) in [6, 6.07) is 47.8. The number of hydrogen-bond donors (Lipinski definition) is 0. The minimum Gasteiger partial charge on any atom is -0.450 e. The standard InChI is InChI=1S/C55H37N9O6/c1-29-56-50-61-51(57-29)67-46-19-7-13-34-24-35-15-9-21-48(41(35)27-40(34)46)69-54-60-31(3)64(4)55(63-54)70-49-22-10-16-37-25-36-14-8-20-47(42(36)28-43(37)49)68-53-59-30(2)58-52(62-53)66-45-18-6-12-33-23-32-11-5-17-44(65-50)38(32)26-39(33)45/h5-28,55H,1-4H3. The first kappa shape index (κ1) is 40.7. The fourth-order valence-electron chi connectivity index (χ4n) is 8.93. The van der Waals surface area contributed by atoms with Crippen molar-refractivity contribution in [3.05, 3.63) is 157 Å². The molecule has 11 aromatic rings. The topological polar surface area (TPSA) is 161 Å². The van der Waals surface area contributed by atoms with Crippen molar-refractivity contribution in [1.29, 1.82) is 0 Å². The van der Waals surface area contributed by atoms with Gasteiger partial charge in [0.15, 0.2) is 0 Å². The minimum absolute atomic E-state index is 0.0602. The van der Waals surface area contributed by atoms with Gasteiger partial charge in [-0.05, 0) is 126 Å². The lowest BCUT2D eigenvalue weighted by Crippen LogP contribution is -2.42. The number of amidine groups is 2. The normalized spacial score (nSPS) is 14.7. The highest BCUT2D eigenvalue weighted by atomic mass is 16.5. The summed E-state index contributed by atoms with van der Waals surface area (Å²) >= 11 is 0. The maximum atomic E-state index is 6.75. The van der Waals surface area contributed by atoms with Crippen LogP contribution >= 0.6 is 0 Å². The van der Waals surface area contributed by atoms with E-state index in [1.807, 2.05) is 146 Å². The molecule has 0 spiro atoms. The maximum absolute atomic E-state index is 6.75. The molecule has 70 heavy (non-hydrogen) atoms. The van der Waals surface area contributed by atoms with E-state index in [1.165, 1.54) is 0 Å². The van der Waals surface area contributed by atoms with Crippen molar-refractivity contribution in [2.24, 2.45) is 9.98 Å². The molecule has 0 fully saturated rings. The largest absolute Gasteiger partial charge is 0.450 e. The van der Waals surface area contributed by atoms with Crippen molar-refractivity contribution < 1.29 is 28.4 Å². The molecular weight excluding hydrogens is 883 g/mol. The minimum atomic E-state index is -0.818. The molecule has 15 nitrogen and oxygen atoms in total. The Morgan fingerprint density at radius 2 is 0.686 bits per heavy atom. The molecule has 1 unspecified atom stereocenters. The first-order valence-corrected chi connectivity index (χ1v) is 22.5. The van der Waals surface area contributed by atoms with Crippen LogP contribution in [0.3, 0.4) is 0 Å². The van der Waals surface area contributed by atoms with Crippen LogP contribution in [0.25, 0.3) is 64.6 Å². The zero-order valence-corrected chi connectivity index (χ0v) is 37.9. The van der Waals surface area contributed by atoms with Gasteiger partial charge < -0.3 is 33.3 Å². The summed E-state index contributed by atoms with van der Waals surface area (Å²) in [4.78, 5) is 39.0. The predicted molar refractivity (Wildman–Crippen MR) is 267 cm³/mol. The average Bonchev–Trinajstić information content (AvgIpc) is 3.34. The summed E-state index contributed by atoms with van der Waals surface area (Å²) in [6.07, 6.45) is -0.818. The fraction of sp³-hybridized carbons (Fsp3) is 0.0909. The van der Waals surface area contributed by atoms with Crippen molar-refractivity contribution in [3.8, 4) is 58.5 Å². The second kappa shape index (κ2) is 16.1. The molecule has 4 heterocycles. The van der Waals surface area contributed by atoms with E-state index in [1.54, 1.807) is 13.8 Å². The first-order chi connectivity index (χ1) is 34.2. The van der Waals surface area contributed by atoms with E-state index in [0.717, 1.165) is 64.6 Å². The Morgan fingerprint density at radius 3 is 1.04 bits per heavy atom. The van der Waals surface area contributed by atoms with E-state index in [9.17, 15) is 0 Å². The van der Waals surface area contributed by atoms with E-state index >= 15 is 0 Å². The van der Waals surface area contributed by atoms with E-state index in [-0.39, 0.29) is 30.1 Å². The Labute approximate surface area is 398 Å². The summed E-state index contributed by atoms with van der Waals surface area (Å²) in [5.41, 5.74) is 0. The number of hydrogen-bond acceptors (Lipinski definition) is 15. The van der Waals surface area contributed by atoms with Crippen molar-refractivity contribution in [3.63, 3.8) is 0 Å². The van der Waals surface area contributed by atoms with Crippen LogP contribution in [-0.4, -0.2) is 60.1 Å². The second-order valence-electron chi connectivity index (χ2n) is 17.0. The van der Waals surface area contributed by atoms with Crippen molar-refractivity contribution in [2.45, 2.75) is 27.1 Å². The molecule has 0 N–H and O–H groups in total. The summed E-state index contributed by atoms with van der Waals surface area (Å²) in [5, 5.41) is 10.5. The number of nitrogens with zero attached hydrogens (tertiary/aromatic N) is 9. The summed E-state index contributed by atoms with van der Waals surface area (Å²) in [5.74, 6) is 4.70. The molecule has 0 saturated carbocycles. The number of aryl methyl sites for hydroxylation is 2. The molecule has 0 radical (unpaired) electrons. The maximum Gasteiger partial charge on any atom is 0.328 e. The van der Waals surface area contributed by atoms with Gasteiger partial charge in [0.05, 0.1) is 0 Å². The van der Waals surface area contributed by atoms with Crippen LogP contribution in [0, 0.1) is 13.8 Å². The number of ether oxygens (including phenoxy) is 6. The lowest BCUT2D eigenvalue weighted by molar-refractivity contribution is 0.0998. The predicted octanol–water partition coefficient (Wildman–Crippen LogP) is 12.5. The van der Waals surface area contributed by atoms with Gasteiger partial charge in [0.25, 0.3) is 6.35 Å². The fourth-order valence-corrected chi connectivity index (χ4v) is 8.93. The third kappa shape index (κ3) is 7.32. The highest BCUT2D eigenvalue weighted by molar-refractivity contribution is 6.06. The molecule has 15 heteroatoms. The Morgan fingerprint density at radius 1 is 0.371 bits per heavy atom. The van der Waals surface area contributed by atoms with Crippen LogP contribution in [-0.2, 0) is 0 Å². The molecule has 2 aliphatic heterocycles. The van der Waals surface area contributed by atoms with Crippen molar-refractivity contribution in [2.75, 3.05) is 7.05 Å².